The maximum absolute atomic E-state index is 6.27. The highest BCUT2D eigenvalue weighted by Gasteiger charge is 2.18. The molecule has 8 nitrogen and oxygen atoms in total. The molecule has 6 aromatic rings. The summed E-state index contributed by atoms with van der Waals surface area (Å²) in [6.45, 7) is 0. The molecule has 6 rings (SSSR count). The first-order chi connectivity index (χ1) is 20.4. The van der Waals surface area contributed by atoms with E-state index in [1.54, 1.807) is 48.5 Å². The molecule has 0 bridgehead atoms. The third-order valence-corrected chi connectivity index (χ3v) is 6.82. The van der Waals surface area contributed by atoms with Gasteiger partial charge in [0.1, 0.15) is 11.0 Å². The van der Waals surface area contributed by atoms with Crippen molar-refractivity contribution in [3.8, 4) is 0 Å². The van der Waals surface area contributed by atoms with Crippen LogP contribution in [-0.2, 0) is 0 Å². The Morgan fingerprint density at radius 1 is 0.381 bits per heavy atom. The van der Waals surface area contributed by atoms with Gasteiger partial charge in [-0.25, -0.2) is 9.97 Å². The summed E-state index contributed by atoms with van der Waals surface area (Å²) in [6.07, 6.45) is 0. The quantitative estimate of drug-likeness (QED) is 0.131. The number of fused-ring (bicyclic) bond motifs is 1. The van der Waals surface area contributed by atoms with Crippen LogP contribution in [0, 0.1) is 0 Å². The van der Waals surface area contributed by atoms with Crippen LogP contribution >= 0.6 is 46.4 Å². The van der Waals surface area contributed by atoms with Gasteiger partial charge in [0.2, 0.25) is 11.9 Å². The third-order valence-electron chi connectivity index (χ3n) is 5.88. The lowest BCUT2D eigenvalue weighted by atomic mass is 10.3. The van der Waals surface area contributed by atoms with Crippen molar-refractivity contribution in [1.82, 2.24) is 19.9 Å². The van der Waals surface area contributed by atoms with Gasteiger partial charge in [-0.1, -0.05) is 70.7 Å². The van der Waals surface area contributed by atoms with Crippen molar-refractivity contribution in [2.24, 2.45) is 0 Å². The van der Waals surface area contributed by atoms with Crippen molar-refractivity contribution in [2.75, 3.05) is 21.3 Å². The van der Waals surface area contributed by atoms with E-state index in [1.165, 1.54) is 0 Å². The molecule has 0 aliphatic heterocycles. The minimum atomic E-state index is 0.294. The molecule has 0 fully saturated rings. The van der Waals surface area contributed by atoms with E-state index in [0.717, 1.165) is 0 Å². The molecule has 2 heterocycles. The average molecular weight is 634 g/mol. The van der Waals surface area contributed by atoms with Crippen LogP contribution in [0.2, 0.25) is 20.1 Å². The van der Waals surface area contributed by atoms with Gasteiger partial charge in [-0.3, -0.25) is 0 Å². The van der Waals surface area contributed by atoms with E-state index < -0.39 is 0 Å². The van der Waals surface area contributed by atoms with Gasteiger partial charge in [0.05, 0.1) is 0 Å². The molecule has 4 aromatic carbocycles. The first kappa shape index (κ1) is 27.8. The molecular weight excluding hydrogens is 614 g/mol. The number of aromatic nitrogens is 4. The second-order valence-corrected chi connectivity index (χ2v) is 10.8. The zero-order valence-electron chi connectivity index (χ0n) is 21.5. The van der Waals surface area contributed by atoms with Gasteiger partial charge < -0.3 is 21.3 Å². The number of hydrogen-bond acceptors (Lipinski definition) is 8. The van der Waals surface area contributed by atoms with Gasteiger partial charge in [-0.05, 0) is 72.8 Å². The van der Waals surface area contributed by atoms with Crippen LogP contribution in [0.25, 0.3) is 11.0 Å². The lowest BCUT2D eigenvalue weighted by Crippen LogP contribution is -2.08. The fraction of sp³-hybridized carbons (Fsp3) is 0. The van der Waals surface area contributed by atoms with Gasteiger partial charge in [0.25, 0.3) is 0 Å². The standard InChI is InChI=1S/C30H20Cl4N8/c31-17-5-1-9-21(13-17)35-27-25-26(40-29(41-27)37-23-11-3-7-19(33)15-23)28(36-22-10-2-6-18(32)14-22)42-30(39-25)38-24-12-4-8-20(34)16-24/h1-16H,(H2,35,37,40,41)(H2,36,38,39,42). The highest BCUT2D eigenvalue weighted by molar-refractivity contribution is 6.31. The molecule has 208 valence electrons. The summed E-state index contributed by atoms with van der Waals surface area (Å²) >= 11 is 25.0. The van der Waals surface area contributed by atoms with E-state index in [0.29, 0.717) is 77.4 Å². The second kappa shape index (κ2) is 12.3. The molecule has 0 aliphatic carbocycles. The number of nitrogens with zero attached hydrogens (tertiary/aromatic N) is 4. The van der Waals surface area contributed by atoms with Crippen molar-refractivity contribution < 1.29 is 0 Å². The predicted molar refractivity (Wildman–Crippen MR) is 174 cm³/mol. The number of anilines is 8. The molecule has 42 heavy (non-hydrogen) atoms. The van der Waals surface area contributed by atoms with Crippen LogP contribution in [-0.4, -0.2) is 19.9 Å². The Bertz CT molecular complexity index is 1780. The van der Waals surface area contributed by atoms with Crippen LogP contribution < -0.4 is 21.3 Å². The van der Waals surface area contributed by atoms with Crippen molar-refractivity contribution in [3.63, 3.8) is 0 Å². The fourth-order valence-corrected chi connectivity index (χ4v) is 4.86. The summed E-state index contributed by atoms with van der Waals surface area (Å²) in [5.41, 5.74) is 3.72. The number of rotatable bonds is 8. The van der Waals surface area contributed by atoms with Crippen molar-refractivity contribution in [1.29, 1.82) is 0 Å². The Hall–Kier alpha value is -4.34. The second-order valence-electron chi connectivity index (χ2n) is 9.03. The summed E-state index contributed by atoms with van der Waals surface area (Å²) in [5.74, 6) is 1.42. The van der Waals surface area contributed by atoms with E-state index in [9.17, 15) is 0 Å². The van der Waals surface area contributed by atoms with Gasteiger partial charge in [-0.2, -0.15) is 9.97 Å². The number of nitrogens with one attached hydrogen (secondary N) is 4. The number of hydrogen-bond donors (Lipinski definition) is 4. The van der Waals surface area contributed by atoms with Gasteiger partial charge in [0.15, 0.2) is 11.6 Å². The summed E-state index contributed by atoms with van der Waals surface area (Å²) in [5, 5.41) is 15.4. The van der Waals surface area contributed by atoms with Crippen LogP contribution in [0.1, 0.15) is 0 Å². The fourth-order valence-electron chi connectivity index (χ4n) is 4.10. The molecular formula is C30H20Cl4N8. The summed E-state index contributed by atoms with van der Waals surface area (Å²) in [4.78, 5) is 19.1. The Labute approximate surface area is 261 Å². The minimum Gasteiger partial charge on any atom is -0.338 e. The number of benzene rings is 4. The zero-order chi connectivity index (χ0) is 29.1. The third kappa shape index (κ3) is 6.75. The first-order valence-electron chi connectivity index (χ1n) is 12.6. The maximum Gasteiger partial charge on any atom is 0.230 e. The van der Waals surface area contributed by atoms with E-state index in [4.69, 9.17) is 66.3 Å². The molecule has 0 spiro atoms. The summed E-state index contributed by atoms with van der Waals surface area (Å²) in [7, 11) is 0. The Morgan fingerprint density at radius 2 is 0.690 bits per heavy atom. The highest BCUT2D eigenvalue weighted by Crippen LogP contribution is 2.33. The van der Waals surface area contributed by atoms with Crippen molar-refractivity contribution in [2.45, 2.75) is 0 Å². The van der Waals surface area contributed by atoms with E-state index in [1.807, 2.05) is 48.5 Å². The number of halogens is 4. The summed E-state index contributed by atoms with van der Waals surface area (Å²) < 4.78 is 0. The average Bonchev–Trinajstić information content (AvgIpc) is 2.94. The SMILES string of the molecule is Clc1cccc(Nc2nc(Nc3cccc(Cl)c3)c3nc(Nc4cccc(Cl)c4)nc(Nc4cccc(Cl)c4)c3n2)c1. The van der Waals surface area contributed by atoms with Crippen LogP contribution in [0.4, 0.5) is 46.3 Å². The molecule has 0 radical (unpaired) electrons. The normalized spacial score (nSPS) is 10.9. The monoisotopic (exact) mass is 632 g/mol. The molecule has 0 atom stereocenters. The largest absolute Gasteiger partial charge is 0.338 e. The lowest BCUT2D eigenvalue weighted by molar-refractivity contribution is 1.15. The predicted octanol–water partition coefficient (Wildman–Crippen LogP) is 10.0. The highest BCUT2D eigenvalue weighted by atomic mass is 35.5. The molecule has 0 saturated carbocycles. The Kier molecular flexibility index (Phi) is 8.12. The topological polar surface area (TPSA) is 99.7 Å². The first-order valence-corrected chi connectivity index (χ1v) is 14.1. The van der Waals surface area contributed by atoms with E-state index in [-0.39, 0.29) is 0 Å². The maximum atomic E-state index is 6.27. The Morgan fingerprint density at radius 3 is 1.00 bits per heavy atom. The lowest BCUT2D eigenvalue weighted by Gasteiger charge is -2.16. The van der Waals surface area contributed by atoms with Crippen LogP contribution in [0.5, 0.6) is 0 Å². The van der Waals surface area contributed by atoms with Gasteiger partial charge in [0, 0.05) is 42.8 Å². The molecule has 2 aromatic heterocycles. The smallest absolute Gasteiger partial charge is 0.230 e. The molecule has 12 heteroatoms. The molecule has 0 aliphatic rings. The molecule has 0 amide bonds. The van der Waals surface area contributed by atoms with Crippen LogP contribution in [0.15, 0.2) is 97.1 Å². The van der Waals surface area contributed by atoms with Crippen molar-refractivity contribution >= 4 is 104 Å². The molecule has 0 unspecified atom stereocenters. The Balaban J connectivity index is 1.53. The van der Waals surface area contributed by atoms with E-state index >= 15 is 0 Å². The van der Waals surface area contributed by atoms with Gasteiger partial charge >= 0.3 is 0 Å². The van der Waals surface area contributed by atoms with Gasteiger partial charge in [-0.15, -0.1) is 0 Å². The summed E-state index contributed by atoms with van der Waals surface area (Å²) in [6, 6.07) is 29.1. The van der Waals surface area contributed by atoms with E-state index in [2.05, 4.69) is 21.3 Å². The van der Waals surface area contributed by atoms with Crippen molar-refractivity contribution in [3.05, 3.63) is 117 Å². The zero-order valence-corrected chi connectivity index (χ0v) is 24.6. The minimum absolute atomic E-state index is 0.294. The molecule has 4 N–H and O–H groups in total. The van der Waals surface area contributed by atoms with Crippen LogP contribution in [0.3, 0.4) is 0 Å². The molecule has 0 saturated heterocycles.